The number of hydrogen-bond donors (Lipinski definition) is 1. The zero-order valence-electron chi connectivity index (χ0n) is 20.6. The number of rotatable bonds is 7. The zero-order chi connectivity index (χ0) is 25.6. The molecule has 9 heteroatoms. The van der Waals surface area contributed by atoms with Gasteiger partial charge in [0.2, 0.25) is 0 Å². The number of halogens is 3. The van der Waals surface area contributed by atoms with E-state index in [0.29, 0.717) is 38.7 Å². The van der Waals surface area contributed by atoms with Gasteiger partial charge in [0.05, 0.1) is 11.6 Å². The third-order valence-electron chi connectivity index (χ3n) is 8.30. The highest BCUT2D eigenvalue weighted by molar-refractivity contribution is 6.35. The molecule has 1 saturated carbocycles. The van der Waals surface area contributed by atoms with Crippen LogP contribution in [0.2, 0.25) is 15.1 Å². The fourth-order valence-electron chi connectivity index (χ4n) is 5.93. The molecule has 3 fully saturated rings. The smallest absolute Gasteiger partial charge is 0.309 e. The summed E-state index contributed by atoms with van der Waals surface area (Å²) in [5, 5.41) is 11.0. The molecule has 1 N–H and O–H groups in total. The number of hydrogen-bond acceptors (Lipinski definition) is 5. The van der Waals surface area contributed by atoms with Gasteiger partial charge in [-0.25, -0.2) is 4.98 Å². The molecule has 2 saturated heterocycles. The van der Waals surface area contributed by atoms with Gasteiger partial charge in [-0.15, -0.1) is 0 Å². The Bertz CT molecular complexity index is 1130. The van der Waals surface area contributed by atoms with Gasteiger partial charge >= 0.3 is 5.97 Å². The van der Waals surface area contributed by atoms with E-state index in [1.54, 1.807) is 18.3 Å². The molecular formula is C27H32Cl3N3O3. The second kappa shape index (κ2) is 10.2. The number of benzene rings is 1. The Morgan fingerprint density at radius 3 is 2.58 bits per heavy atom. The summed E-state index contributed by atoms with van der Waals surface area (Å²) in [5.41, 5.74) is 0.304. The van der Waals surface area contributed by atoms with Crippen LogP contribution in [0.5, 0.6) is 5.75 Å². The number of carbonyl (C=O) groups is 1. The van der Waals surface area contributed by atoms with E-state index in [2.05, 4.69) is 14.8 Å². The van der Waals surface area contributed by atoms with Crippen molar-refractivity contribution in [1.29, 1.82) is 0 Å². The molecule has 2 atom stereocenters. The third kappa shape index (κ3) is 5.15. The number of aliphatic carboxylic acids is 1. The SMILES string of the molecule is C[C@@H](Oc1cc(N2CC([C@H]3CCCN(C4CC(C)(C(=O)O)C4)C3)C2)ncc1Cl)c1ccc(Cl)cc1Cl. The maximum absolute atomic E-state index is 11.5. The summed E-state index contributed by atoms with van der Waals surface area (Å²) < 4.78 is 6.17. The normalized spacial score (nSPS) is 27.8. The van der Waals surface area contributed by atoms with Crippen molar-refractivity contribution in [1.82, 2.24) is 9.88 Å². The molecule has 3 aliphatic rings. The van der Waals surface area contributed by atoms with Gasteiger partial charge in [0.1, 0.15) is 22.7 Å². The minimum absolute atomic E-state index is 0.297. The van der Waals surface area contributed by atoms with Gasteiger partial charge in [0.25, 0.3) is 0 Å². The lowest BCUT2D eigenvalue weighted by molar-refractivity contribution is -0.158. The predicted octanol–water partition coefficient (Wildman–Crippen LogP) is 6.58. The molecule has 1 aromatic carbocycles. The molecule has 6 nitrogen and oxygen atoms in total. The van der Waals surface area contributed by atoms with Gasteiger partial charge in [-0.1, -0.05) is 40.9 Å². The van der Waals surface area contributed by atoms with Crippen LogP contribution in [-0.2, 0) is 4.79 Å². The first-order valence-corrected chi connectivity index (χ1v) is 13.8. The van der Waals surface area contributed by atoms with E-state index < -0.39 is 11.4 Å². The Kier molecular flexibility index (Phi) is 7.34. The van der Waals surface area contributed by atoms with E-state index in [0.717, 1.165) is 50.4 Å². The number of likely N-dealkylation sites (tertiary alicyclic amines) is 1. The number of piperidine rings is 1. The summed E-state index contributed by atoms with van der Waals surface area (Å²) in [6.45, 7) is 7.88. The molecule has 2 aromatic rings. The average molecular weight is 553 g/mol. The first-order valence-electron chi connectivity index (χ1n) is 12.6. The number of anilines is 1. The molecule has 36 heavy (non-hydrogen) atoms. The first kappa shape index (κ1) is 25.9. The van der Waals surface area contributed by atoms with Crippen molar-refractivity contribution in [2.24, 2.45) is 17.3 Å². The topological polar surface area (TPSA) is 65.9 Å². The van der Waals surface area contributed by atoms with Crippen molar-refractivity contribution in [2.45, 2.75) is 51.7 Å². The molecule has 1 aliphatic carbocycles. The van der Waals surface area contributed by atoms with Crippen LogP contribution in [0.25, 0.3) is 0 Å². The van der Waals surface area contributed by atoms with E-state index in [4.69, 9.17) is 39.5 Å². The second-order valence-corrected chi connectivity index (χ2v) is 12.1. The van der Waals surface area contributed by atoms with E-state index in [1.807, 2.05) is 26.0 Å². The number of carboxylic acid groups (broad SMARTS) is 1. The molecule has 0 spiro atoms. The lowest BCUT2D eigenvalue weighted by Crippen LogP contribution is -2.58. The van der Waals surface area contributed by atoms with Crippen molar-refractivity contribution in [3.05, 3.63) is 51.1 Å². The summed E-state index contributed by atoms with van der Waals surface area (Å²) in [4.78, 5) is 20.8. The van der Waals surface area contributed by atoms with Crippen LogP contribution in [-0.4, -0.2) is 53.2 Å². The van der Waals surface area contributed by atoms with E-state index in [9.17, 15) is 9.90 Å². The summed E-state index contributed by atoms with van der Waals surface area (Å²) >= 11 is 18.8. The fourth-order valence-corrected chi connectivity index (χ4v) is 6.64. The maximum Gasteiger partial charge on any atom is 0.309 e. The second-order valence-electron chi connectivity index (χ2n) is 10.9. The number of carboxylic acids is 1. The molecule has 5 rings (SSSR count). The largest absolute Gasteiger partial charge is 0.484 e. The minimum Gasteiger partial charge on any atom is -0.484 e. The minimum atomic E-state index is -0.661. The number of nitrogens with zero attached hydrogens (tertiary/aromatic N) is 3. The van der Waals surface area contributed by atoms with E-state index in [1.165, 1.54) is 12.8 Å². The molecule has 0 unspecified atom stereocenters. The van der Waals surface area contributed by atoms with E-state index >= 15 is 0 Å². The molecule has 3 heterocycles. The number of ether oxygens (including phenoxy) is 1. The Hall–Kier alpha value is -1.73. The number of pyridine rings is 1. The molecule has 2 aliphatic heterocycles. The number of aromatic nitrogens is 1. The van der Waals surface area contributed by atoms with Crippen LogP contribution in [0.1, 0.15) is 51.2 Å². The van der Waals surface area contributed by atoms with Crippen molar-refractivity contribution in [2.75, 3.05) is 31.1 Å². The van der Waals surface area contributed by atoms with Crippen molar-refractivity contribution in [3.63, 3.8) is 0 Å². The highest BCUT2D eigenvalue weighted by Crippen LogP contribution is 2.45. The standard InChI is InChI=1S/C27H32Cl3N3O3/c1-16(21-6-5-19(28)8-22(21)29)36-24-9-25(31-12-23(24)30)33-14-18(15-33)17-4-3-7-32(13-17)20-10-27(2,11-20)26(34)35/h5-6,8-9,12,16-18,20H,3-4,7,10-11,13-15H2,1-2H3,(H,34,35)/t16-,17+,20?,27?/m1/s1. The quantitative estimate of drug-likeness (QED) is 0.418. The van der Waals surface area contributed by atoms with Crippen LogP contribution in [0.15, 0.2) is 30.5 Å². The molecule has 1 aromatic heterocycles. The van der Waals surface area contributed by atoms with Crippen LogP contribution in [0.4, 0.5) is 5.82 Å². The zero-order valence-corrected chi connectivity index (χ0v) is 22.9. The van der Waals surface area contributed by atoms with Gasteiger partial charge in [-0.3, -0.25) is 4.79 Å². The van der Waals surface area contributed by atoms with Gasteiger partial charge in [-0.05, 0) is 70.0 Å². The predicted molar refractivity (Wildman–Crippen MR) is 144 cm³/mol. The Labute approximate surface area is 227 Å². The first-order chi connectivity index (χ1) is 17.1. The van der Waals surface area contributed by atoms with Gasteiger partial charge in [0, 0.05) is 47.4 Å². The van der Waals surface area contributed by atoms with Gasteiger partial charge < -0.3 is 19.6 Å². The van der Waals surface area contributed by atoms with Gasteiger partial charge in [-0.2, -0.15) is 0 Å². The Morgan fingerprint density at radius 2 is 1.89 bits per heavy atom. The Morgan fingerprint density at radius 1 is 1.14 bits per heavy atom. The highest BCUT2D eigenvalue weighted by Gasteiger charge is 2.49. The summed E-state index contributed by atoms with van der Waals surface area (Å²) in [7, 11) is 0. The highest BCUT2D eigenvalue weighted by atomic mass is 35.5. The monoisotopic (exact) mass is 551 g/mol. The molecular weight excluding hydrogens is 521 g/mol. The maximum atomic E-state index is 11.5. The van der Waals surface area contributed by atoms with Crippen molar-refractivity contribution >= 4 is 46.6 Å². The molecule has 0 radical (unpaired) electrons. The lowest BCUT2D eigenvalue weighted by Gasteiger charge is -2.52. The van der Waals surface area contributed by atoms with Crippen LogP contribution >= 0.6 is 34.8 Å². The fraction of sp³-hybridized carbons (Fsp3) is 0.556. The van der Waals surface area contributed by atoms with Gasteiger partial charge in [0.15, 0.2) is 0 Å². The summed E-state index contributed by atoms with van der Waals surface area (Å²) in [6.07, 6.45) is 5.30. The molecule has 0 bridgehead atoms. The van der Waals surface area contributed by atoms with E-state index in [-0.39, 0.29) is 6.10 Å². The molecule has 0 amide bonds. The summed E-state index contributed by atoms with van der Waals surface area (Å²) in [6, 6.07) is 7.70. The third-order valence-corrected chi connectivity index (χ3v) is 9.15. The Balaban J connectivity index is 1.17. The van der Waals surface area contributed by atoms with Crippen molar-refractivity contribution in [3.8, 4) is 5.75 Å². The lowest BCUT2D eigenvalue weighted by atomic mass is 9.65. The van der Waals surface area contributed by atoms with Crippen LogP contribution < -0.4 is 9.64 Å². The average Bonchev–Trinajstić information content (AvgIpc) is 2.78. The van der Waals surface area contributed by atoms with Crippen molar-refractivity contribution < 1.29 is 14.6 Å². The summed E-state index contributed by atoms with van der Waals surface area (Å²) in [5.74, 6) is 2.04. The molecule has 194 valence electrons. The van der Waals surface area contributed by atoms with Crippen LogP contribution in [0.3, 0.4) is 0 Å². The van der Waals surface area contributed by atoms with Crippen LogP contribution in [0, 0.1) is 17.3 Å².